The molecule has 5 aromatic carbocycles. The summed E-state index contributed by atoms with van der Waals surface area (Å²) in [6.07, 6.45) is 0. The first-order chi connectivity index (χ1) is 16.5. The summed E-state index contributed by atoms with van der Waals surface area (Å²) in [5, 5.41) is 4.40. The molecule has 0 aliphatic heterocycles. The highest BCUT2D eigenvalue weighted by Gasteiger charge is 2.16. The van der Waals surface area contributed by atoms with E-state index in [1.54, 1.807) is 24.3 Å². The highest BCUT2D eigenvalue weighted by molar-refractivity contribution is 7.86. The summed E-state index contributed by atoms with van der Waals surface area (Å²) in [7, 11) is -4.28. The van der Waals surface area contributed by atoms with E-state index >= 15 is 0 Å². The van der Waals surface area contributed by atoms with Crippen molar-refractivity contribution in [2.75, 3.05) is 5.32 Å². The molecule has 5 rings (SSSR count). The molecule has 0 spiro atoms. The second-order valence-corrected chi connectivity index (χ2v) is 11.7. The van der Waals surface area contributed by atoms with E-state index in [1.165, 1.54) is 13.2 Å². The fraction of sp³-hybridized carbons (Fsp3) is 0. The quantitative estimate of drug-likeness (QED) is 0.246. The van der Waals surface area contributed by atoms with Gasteiger partial charge in [0.15, 0.2) is 7.14 Å². The van der Waals surface area contributed by atoms with Gasteiger partial charge in [-0.05, 0) is 53.9 Å². The Hall–Kier alpha value is -3.20. The summed E-state index contributed by atoms with van der Waals surface area (Å²) < 4.78 is 35.5. The fourth-order valence-corrected chi connectivity index (χ4v) is 6.39. The van der Waals surface area contributed by atoms with Crippen molar-refractivity contribution in [1.29, 1.82) is 0 Å². The van der Waals surface area contributed by atoms with Crippen LogP contribution in [0.15, 0.2) is 132 Å². The highest BCUT2D eigenvalue weighted by atomic mass is 127. The first kappa shape index (κ1) is 23.9. The van der Waals surface area contributed by atoms with E-state index in [2.05, 4.69) is 66.0 Å². The summed E-state index contributed by atoms with van der Waals surface area (Å²) in [5.41, 5.74) is 1.47. The molecule has 0 saturated carbocycles. The minimum absolute atomic E-state index is 0.0287. The second-order valence-electron chi connectivity index (χ2n) is 7.31. The van der Waals surface area contributed by atoms with E-state index in [-0.39, 0.29) is 26.1 Å². The van der Waals surface area contributed by atoms with Crippen LogP contribution in [-0.4, -0.2) is 13.0 Å². The minimum Gasteiger partial charge on any atom is -0.355 e. The Morgan fingerprint density at radius 1 is 0.588 bits per heavy atom. The Bertz CT molecular complexity index is 1420. The number of nitrogens with one attached hydrogen (secondary N) is 1. The lowest BCUT2D eigenvalue weighted by Crippen LogP contribution is -3.61. The molecular weight excluding hydrogens is 557 g/mol. The van der Waals surface area contributed by atoms with E-state index in [0.717, 1.165) is 11.1 Å². The maximum Gasteiger partial charge on any atom is 0.357 e. The van der Waals surface area contributed by atoms with Crippen molar-refractivity contribution in [3.8, 4) is 0 Å². The van der Waals surface area contributed by atoms with Crippen molar-refractivity contribution < 1.29 is 34.2 Å². The van der Waals surface area contributed by atoms with E-state index in [0.29, 0.717) is 11.1 Å². The number of hydrogen-bond donors (Lipinski definition) is 2. The Balaban J connectivity index is 0.000000180. The molecule has 0 aliphatic rings. The van der Waals surface area contributed by atoms with Gasteiger partial charge in [0.25, 0.3) is 10.1 Å². The number of fused-ring (bicyclic) bond motifs is 1. The summed E-state index contributed by atoms with van der Waals surface area (Å²) in [5.74, 6) is 0. The monoisotopic (exact) mass is 580 g/mol. The van der Waals surface area contributed by atoms with Crippen molar-refractivity contribution in [3.05, 3.63) is 135 Å². The molecule has 0 heterocycles. The van der Waals surface area contributed by atoms with Gasteiger partial charge >= 0.3 is 21.2 Å². The molecule has 0 atom stereocenters. The van der Waals surface area contributed by atoms with Crippen LogP contribution in [0.1, 0.15) is 0 Å². The van der Waals surface area contributed by atoms with Crippen molar-refractivity contribution >= 4 is 32.3 Å². The van der Waals surface area contributed by atoms with E-state index < -0.39 is 10.1 Å². The first-order valence-corrected chi connectivity index (χ1v) is 14.2. The van der Waals surface area contributed by atoms with Gasteiger partial charge in [-0.25, -0.2) is 0 Å². The molecule has 6 heteroatoms. The minimum atomic E-state index is -4.28. The normalized spacial score (nSPS) is 10.9. The molecule has 5 aromatic rings. The van der Waals surface area contributed by atoms with Gasteiger partial charge in [-0.2, -0.15) is 8.42 Å². The molecule has 0 aliphatic carbocycles. The molecule has 0 unspecified atom stereocenters. The van der Waals surface area contributed by atoms with E-state index in [4.69, 9.17) is 0 Å². The maximum atomic E-state index is 11.6. The van der Waals surface area contributed by atoms with Crippen LogP contribution in [0.3, 0.4) is 0 Å². The van der Waals surface area contributed by atoms with Crippen molar-refractivity contribution in [3.63, 3.8) is 0 Å². The fourth-order valence-electron chi connectivity index (χ4n) is 3.38. The van der Waals surface area contributed by atoms with Gasteiger partial charge in [0.1, 0.15) is 4.90 Å². The predicted molar refractivity (Wildman–Crippen MR) is 134 cm³/mol. The Labute approximate surface area is 210 Å². The number of anilines is 2. The molecule has 0 bridgehead atoms. The SMILES string of the molecule is O=S(=O)(O)c1cccc2cccc(Nc3ccccc3)c12.c1ccc([I+]c2ccccc2)cc1. The molecule has 0 saturated heterocycles. The third-order valence-corrected chi connectivity index (χ3v) is 8.46. The standard InChI is InChI=1S/C16H13NO3S.C12H10I/c18-21(19,20)15-11-5-7-12-6-4-10-14(16(12)15)17-13-8-2-1-3-9-13;1-3-7-11(8-4-1)13-12-9-5-2-6-10-12/h1-11,17H,(H,18,19,20);1-10H/q;+1. The second kappa shape index (κ2) is 11.3. The first-order valence-electron chi connectivity index (χ1n) is 10.6. The Kier molecular flexibility index (Phi) is 7.95. The largest absolute Gasteiger partial charge is 0.357 e. The van der Waals surface area contributed by atoms with Crippen molar-refractivity contribution in [2.45, 2.75) is 4.90 Å². The summed E-state index contributed by atoms with van der Waals surface area (Å²) in [6.45, 7) is 0. The molecule has 0 amide bonds. The number of para-hydroxylation sites is 1. The summed E-state index contributed by atoms with van der Waals surface area (Å²) in [6, 6.07) is 41.1. The summed E-state index contributed by atoms with van der Waals surface area (Å²) in [4.78, 5) is -0.0981. The van der Waals surface area contributed by atoms with Crippen LogP contribution < -0.4 is 26.5 Å². The molecular formula is C28H23INO3S+. The van der Waals surface area contributed by atoms with Gasteiger partial charge in [-0.15, -0.1) is 0 Å². The van der Waals surface area contributed by atoms with Crippen LogP contribution in [0.4, 0.5) is 11.4 Å². The molecule has 34 heavy (non-hydrogen) atoms. The van der Waals surface area contributed by atoms with E-state index in [1.807, 2.05) is 36.4 Å². The van der Waals surface area contributed by atoms with Gasteiger partial charge < -0.3 is 5.32 Å². The van der Waals surface area contributed by atoms with Crippen LogP contribution in [-0.2, 0) is 10.1 Å². The average molecular weight is 580 g/mol. The topological polar surface area (TPSA) is 66.4 Å². The molecule has 0 fully saturated rings. The molecule has 0 radical (unpaired) electrons. The van der Waals surface area contributed by atoms with Crippen molar-refractivity contribution in [2.24, 2.45) is 0 Å². The highest BCUT2D eigenvalue weighted by Crippen LogP contribution is 2.31. The zero-order chi connectivity index (χ0) is 23.8. The summed E-state index contributed by atoms with van der Waals surface area (Å²) >= 11 is 0.0287. The zero-order valence-corrected chi connectivity index (χ0v) is 21.1. The lowest BCUT2D eigenvalue weighted by molar-refractivity contribution is -0.597. The number of halogens is 1. The number of hydrogen-bond acceptors (Lipinski definition) is 3. The lowest BCUT2D eigenvalue weighted by atomic mass is 10.1. The number of rotatable bonds is 5. The number of benzene rings is 5. The lowest BCUT2D eigenvalue weighted by Gasteiger charge is -2.12. The average Bonchev–Trinajstić information content (AvgIpc) is 2.86. The Morgan fingerprint density at radius 2 is 1.09 bits per heavy atom. The smallest absolute Gasteiger partial charge is 0.355 e. The van der Waals surface area contributed by atoms with Crippen molar-refractivity contribution in [1.82, 2.24) is 0 Å². The molecule has 4 nitrogen and oxygen atoms in total. The maximum absolute atomic E-state index is 11.6. The molecule has 170 valence electrons. The zero-order valence-electron chi connectivity index (χ0n) is 18.2. The van der Waals surface area contributed by atoms with Crippen LogP contribution in [0.25, 0.3) is 10.8 Å². The van der Waals surface area contributed by atoms with E-state index in [9.17, 15) is 13.0 Å². The third-order valence-electron chi connectivity index (χ3n) is 4.88. The van der Waals surface area contributed by atoms with Gasteiger partial charge in [0.2, 0.25) is 0 Å². The van der Waals surface area contributed by atoms with Gasteiger partial charge in [0, 0.05) is 16.8 Å². The van der Waals surface area contributed by atoms with Crippen LogP contribution in [0, 0.1) is 7.14 Å². The van der Waals surface area contributed by atoms with Gasteiger partial charge in [0.05, 0.1) is 0 Å². The van der Waals surface area contributed by atoms with Crippen LogP contribution >= 0.6 is 0 Å². The third kappa shape index (κ3) is 6.44. The van der Waals surface area contributed by atoms with Crippen LogP contribution in [0.2, 0.25) is 0 Å². The van der Waals surface area contributed by atoms with Crippen LogP contribution in [0.5, 0.6) is 0 Å². The molecule has 0 aromatic heterocycles. The van der Waals surface area contributed by atoms with Gasteiger partial charge in [-0.3, -0.25) is 4.55 Å². The Morgan fingerprint density at radius 3 is 1.62 bits per heavy atom. The molecule has 2 N–H and O–H groups in total. The predicted octanol–water partition coefficient (Wildman–Crippen LogP) is 3.65. The van der Waals surface area contributed by atoms with Gasteiger partial charge in [-0.1, -0.05) is 78.9 Å².